The molecule has 1 aromatic rings. The van der Waals surface area contributed by atoms with Gasteiger partial charge in [0.25, 0.3) is 0 Å². The Hall–Kier alpha value is -1.27. The van der Waals surface area contributed by atoms with Crippen LogP contribution in [0.5, 0.6) is 0 Å². The standard InChI is InChI=1S/C13H14BrClN2O3/c1-7-5-8(14)10(6-9(7)15)16-13(20)17-4-2-3-11(17)12(18)19/h5-6,11H,2-4H2,1H3,(H,16,20)(H,18,19). The number of rotatable bonds is 2. The maximum Gasteiger partial charge on any atom is 0.326 e. The number of likely N-dealkylation sites (tertiary alicyclic amines) is 1. The summed E-state index contributed by atoms with van der Waals surface area (Å²) in [6.45, 7) is 2.31. The molecule has 5 nitrogen and oxygen atoms in total. The van der Waals surface area contributed by atoms with E-state index in [0.29, 0.717) is 34.6 Å². The van der Waals surface area contributed by atoms with Crippen molar-refractivity contribution >= 4 is 45.2 Å². The molecule has 0 aromatic heterocycles. The first-order valence-electron chi connectivity index (χ1n) is 6.16. The topological polar surface area (TPSA) is 69.6 Å². The quantitative estimate of drug-likeness (QED) is 0.847. The van der Waals surface area contributed by atoms with Crippen LogP contribution in [-0.4, -0.2) is 34.6 Å². The highest BCUT2D eigenvalue weighted by Crippen LogP contribution is 2.30. The molecule has 1 heterocycles. The lowest BCUT2D eigenvalue weighted by atomic mass is 10.2. The summed E-state index contributed by atoms with van der Waals surface area (Å²) >= 11 is 9.38. The molecule has 20 heavy (non-hydrogen) atoms. The third kappa shape index (κ3) is 3.07. The predicted molar refractivity (Wildman–Crippen MR) is 80.3 cm³/mol. The van der Waals surface area contributed by atoms with Crippen molar-refractivity contribution in [2.75, 3.05) is 11.9 Å². The van der Waals surface area contributed by atoms with Crippen LogP contribution in [0.1, 0.15) is 18.4 Å². The van der Waals surface area contributed by atoms with Crippen LogP contribution >= 0.6 is 27.5 Å². The summed E-state index contributed by atoms with van der Waals surface area (Å²) in [4.78, 5) is 24.6. The van der Waals surface area contributed by atoms with Gasteiger partial charge in [-0.15, -0.1) is 0 Å². The van der Waals surface area contributed by atoms with Crippen LogP contribution in [0, 0.1) is 6.92 Å². The minimum atomic E-state index is -0.973. The van der Waals surface area contributed by atoms with Gasteiger partial charge in [-0.05, 0) is 53.4 Å². The zero-order valence-corrected chi connectivity index (χ0v) is 13.2. The van der Waals surface area contributed by atoms with Crippen LogP contribution in [0.2, 0.25) is 5.02 Å². The Balaban J connectivity index is 2.16. The molecule has 1 saturated heterocycles. The van der Waals surface area contributed by atoms with Crippen LogP contribution in [-0.2, 0) is 4.79 Å². The van der Waals surface area contributed by atoms with E-state index >= 15 is 0 Å². The van der Waals surface area contributed by atoms with Gasteiger partial charge in [0.1, 0.15) is 6.04 Å². The molecule has 1 aromatic carbocycles. The number of carbonyl (C=O) groups excluding carboxylic acids is 1. The van der Waals surface area contributed by atoms with Crippen molar-refractivity contribution in [2.45, 2.75) is 25.8 Å². The highest BCUT2D eigenvalue weighted by molar-refractivity contribution is 9.10. The number of hydrogen-bond acceptors (Lipinski definition) is 2. The van der Waals surface area contributed by atoms with Gasteiger partial charge in [-0.1, -0.05) is 11.6 Å². The number of carbonyl (C=O) groups is 2. The minimum Gasteiger partial charge on any atom is -0.480 e. The number of benzene rings is 1. The van der Waals surface area contributed by atoms with E-state index in [4.69, 9.17) is 16.7 Å². The normalized spacial score (nSPS) is 18.1. The van der Waals surface area contributed by atoms with Crippen molar-refractivity contribution < 1.29 is 14.7 Å². The van der Waals surface area contributed by atoms with E-state index < -0.39 is 18.0 Å². The second kappa shape index (κ2) is 6.01. The van der Waals surface area contributed by atoms with Crippen LogP contribution < -0.4 is 5.32 Å². The summed E-state index contributed by atoms with van der Waals surface area (Å²) in [6, 6.07) is 2.27. The third-order valence-electron chi connectivity index (χ3n) is 3.29. The summed E-state index contributed by atoms with van der Waals surface area (Å²) in [5.74, 6) is -0.973. The highest BCUT2D eigenvalue weighted by Gasteiger charge is 2.34. The van der Waals surface area contributed by atoms with Gasteiger partial charge in [-0.3, -0.25) is 0 Å². The van der Waals surface area contributed by atoms with Crippen LogP contribution in [0.3, 0.4) is 0 Å². The molecule has 2 rings (SSSR count). The number of carboxylic acids is 1. The molecule has 0 spiro atoms. The molecule has 0 saturated carbocycles. The van der Waals surface area contributed by atoms with E-state index in [1.807, 2.05) is 6.92 Å². The number of amides is 2. The van der Waals surface area contributed by atoms with Crippen molar-refractivity contribution in [1.29, 1.82) is 0 Å². The van der Waals surface area contributed by atoms with Crippen molar-refractivity contribution in [2.24, 2.45) is 0 Å². The molecule has 1 aliphatic heterocycles. The van der Waals surface area contributed by atoms with E-state index in [2.05, 4.69) is 21.2 Å². The zero-order chi connectivity index (χ0) is 14.9. The Morgan fingerprint density at radius 3 is 2.85 bits per heavy atom. The summed E-state index contributed by atoms with van der Waals surface area (Å²) in [7, 11) is 0. The number of urea groups is 1. The van der Waals surface area contributed by atoms with Gasteiger partial charge in [-0.25, -0.2) is 9.59 Å². The van der Waals surface area contributed by atoms with Gasteiger partial charge in [-0.2, -0.15) is 0 Å². The van der Waals surface area contributed by atoms with Gasteiger partial charge < -0.3 is 15.3 Å². The second-order valence-electron chi connectivity index (χ2n) is 4.70. The van der Waals surface area contributed by atoms with Crippen molar-refractivity contribution in [3.8, 4) is 0 Å². The average Bonchev–Trinajstić information content (AvgIpc) is 2.85. The molecule has 2 amide bonds. The Bertz CT molecular complexity index is 565. The molecule has 1 fully saturated rings. The van der Waals surface area contributed by atoms with E-state index in [1.165, 1.54) is 4.90 Å². The third-order valence-corrected chi connectivity index (χ3v) is 4.35. The van der Waals surface area contributed by atoms with Crippen molar-refractivity contribution in [3.05, 3.63) is 27.2 Å². The van der Waals surface area contributed by atoms with Gasteiger partial charge >= 0.3 is 12.0 Å². The van der Waals surface area contributed by atoms with Crippen LogP contribution in [0.25, 0.3) is 0 Å². The number of nitrogens with zero attached hydrogens (tertiary/aromatic N) is 1. The van der Waals surface area contributed by atoms with Crippen LogP contribution in [0.4, 0.5) is 10.5 Å². The maximum atomic E-state index is 12.2. The minimum absolute atomic E-state index is 0.421. The number of halogens is 2. The monoisotopic (exact) mass is 360 g/mol. The molecule has 1 aliphatic rings. The summed E-state index contributed by atoms with van der Waals surface area (Å²) < 4.78 is 0.707. The Labute approximate surface area is 130 Å². The maximum absolute atomic E-state index is 12.2. The van der Waals surface area contributed by atoms with Crippen molar-refractivity contribution in [3.63, 3.8) is 0 Å². The largest absolute Gasteiger partial charge is 0.480 e. The fourth-order valence-electron chi connectivity index (χ4n) is 2.20. The molecule has 1 atom stereocenters. The Morgan fingerprint density at radius 2 is 2.20 bits per heavy atom. The molecule has 2 N–H and O–H groups in total. The van der Waals surface area contributed by atoms with Gasteiger partial charge in [0.2, 0.25) is 0 Å². The highest BCUT2D eigenvalue weighted by atomic mass is 79.9. The summed E-state index contributed by atoms with van der Waals surface area (Å²) in [6.07, 6.45) is 1.18. The lowest BCUT2D eigenvalue weighted by Crippen LogP contribution is -2.42. The zero-order valence-electron chi connectivity index (χ0n) is 10.8. The summed E-state index contributed by atoms with van der Waals surface area (Å²) in [5.41, 5.74) is 1.42. The number of aryl methyl sites for hydroxylation is 1. The SMILES string of the molecule is Cc1cc(Br)c(NC(=O)N2CCCC2C(=O)O)cc1Cl. The van der Waals surface area contributed by atoms with E-state index in [9.17, 15) is 9.59 Å². The first-order valence-corrected chi connectivity index (χ1v) is 7.33. The number of hydrogen-bond donors (Lipinski definition) is 2. The molecule has 0 aliphatic carbocycles. The number of carboxylic acid groups (broad SMARTS) is 1. The molecule has 0 radical (unpaired) electrons. The second-order valence-corrected chi connectivity index (χ2v) is 5.96. The fraction of sp³-hybridized carbons (Fsp3) is 0.385. The Morgan fingerprint density at radius 1 is 1.50 bits per heavy atom. The lowest BCUT2D eigenvalue weighted by Gasteiger charge is -2.22. The summed E-state index contributed by atoms with van der Waals surface area (Å²) in [5, 5.41) is 12.3. The fourth-order valence-corrected chi connectivity index (χ4v) is 2.92. The number of anilines is 1. The molecule has 7 heteroatoms. The average molecular weight is 362 g/mol. The number of aliphatic carboxylic acids is 1. The van der Waals surface area contributed by atoms with Gasteiger partial charge in [0.15, 0.2) is 0 Å². The smallest absolute Gasteiger partial charge is 0.326 e. The predicted octanol–water partition coefficient (Wildman–Crippen LogP) is 3.49. The van der Waals surface area contributed by atoms with E-state index in [1.54, 1.807) is 12.1 Å². The van der Waals surface area contributed by atoms with Crippen LogP contribution in [0.15, 0.2) is 16.6 Å². The molecule has 0 bridgehead atoms. The van der Waals surface area contributed by atoms with E-state index in [0.717, 1.165) is 5.56 Å². The first-order chi connectivity index (χ1) is 9.40. The first kappa shape index (κ1) is 15.1. The van der Waals surface area contributed by atoms with Gasteiger partial charge in [0, 0.05) is 16.0 Å². The number of nitrogens with one attached hydrogen (secondary N) is 1. The molecular formula is C13H14BrClN2O3. The molecule has 108 valence electrons. The molecule has 1 unspecified atom stereocenters. The Kier molecular flexibility index (Phi) is 4.55. The van der Waals surface area contributed by atoms with Crippen molar-refractivity contribution in [1.82, 2.24) is 4.90 Å². The van der Waals surface area contributed by atoms with E-state index in [-0.39, 0.29) is 0 Å². The lowest BCUT2D eigenvalue weighted by molar-refractivity contribution is -0.141. The van der Waals surface area contributed by atoms with Gasteiger partial charge in [0.05, 0.1) is 5.69 Å². The molecular weight excluding hydrogens is 348 g/mol.